The van der Waals surface area contributed by atoms with Crippen LogP contribution in [-0.2, 0) is 0 Å². The van der Waals surface area contributed by atoms with E-state index in [4.69, 9.17) is 5.73 Å². The first-order valence-electron chi connectivity index (χ1n) is 2.22. The fourth-order valence-corrected chi connectivity index (χ4v) is 0.696. The van der Waals surface area contributed by atoms with Crippen molar-refractivity contribution in [3.63, 3.8) is 0 Å². The predicted molar refractivity (Wildman–Crippen MR) is 37.1 cm³/mol. The van der Waals surface area contributed by atoms with Gasteiger partial charge in [0, 0.05) is 22.0 Å². The standard InChI is InChI=1S/C6H5BrN/c7-5-3-1-2-4-6(5)8/h1-3H,8H2/q+1. The monoisotopic (exact) mass is 170 g/mol. The van der Waals surface area contributed by atoms with E-state index in [1.165, 1.54) is 0 Å². The summed E-state index contributed by atoms with van der Waals surface area (Å²) < 4.78 is 0.903. The van der Waals surface area contributed by atoms with Crippen molar-refractivity contribution in [3.8, 4) is 0 Å². The minimum atomic E-state index is 0.660. The summed E-state index contributed by atoms with van der Waals surface area (Å²) >= 11 is 3.24. The Morgan fingerprint density at radius 2 is 2.38 bits per heavy atom. The highest BCUT2D eigenvalue weighted by Crippen LogP contribution is 2.14. The van der Waals surface area contributed by atoms with E-state index >= 15 is 0 Å². The SMILES string of the molecule is NC1=[C+]C=CC=C1Br. The minimum Gasteiger partial charge on any atom is -0.369 e. The lowest BCUT2D eigenvalue weighted by atomic mass is 10.3. The van der Waals surface area contributed by atoms with E-state index in [-0.39, 0.29) is 0 Å². The van der Waals surface area contributed by atoms with Crippen LogP contribution in [-0.4, -0.2) is 0 Å². The van der Waals surface area contributed by atoms with Crippen LogP contribution in [0.15, 0.2) is 28.4 Å². The summed E-state index contributed by atoms with van der Waals surface area (Å²) in [6.07, 6.45) is 8.36. The number of rotatable bonds is 0. The van der Waals surface area contributed by atoms with Gasteiger partial charge in [-0.1, -0.05) is 0 Å². The smallest absolute Gasteiger partial charge is 0.215 e. The molecule has 1 nitrogen and oxygen atoms in total. The van der Waals surface area contributed by atoms with Gasteiger partial charge in [-0.2, -0.15) is 0 Å². The van der Waals surface area contributed by atoms with Crippen molar-refractivity contribution in [3.05, 3.63) is 34.5 Å². The molecule has 40 valence electrons. The van der Waals surface area contributed by atoms with Gasteiger partial charge < -0.3 is 5.73 Å². The lowest BCUT2D eigenvalue weighted by molar-refractivity contribution is 1.37. The quantitative estimate of drug-likeness (QED) is 0.549. The van der Waals surface area contributed by atoms with Gasteiger partial charge in [-0.25, -0.2) is 0 Å². The number of hydrogen-bond donors (Lipinski definition) is 1. The van der Waals surface area contributed by atoms with Gasteiger partial charge in [0.25, 0.3) is 0 Å². The van der Waals surface area contributed by atoms with E-state index in [0.29, 0.717) is 5.70 Å². The first-order valence-corrected chi connectivity index (χ1v) is 3.01. The molecule has 1 aliphatic rings. The molecule has 0 saturated carbocycles. The van der Waals surface area contributed by atoms with Gasteiger partial charge in [0.2, 0.25) is 5.70 Å². The number of allylic oxidation sites excluding steroid dienone is 5. The van der Waals surface area contributed by atoms with Gasteiger partial charge in [-0.05, 0) is 0 Å². The Kier molecular flexibility index (Phi) is 1.47. The Morgan fingerprint density at radius 3 is 2.75 bits per heavy atom. The molecule has 0 saturated heterocycles. The average molecular weight is 171 g/mol. The summed E-state index contributed by atoms with van der Waals surface area (Å²) in [5.41, 5.74) is 6.08. The van der Waals surface area contributed by atoms with Crippen molar-refractivity contribution in [2.45, 2.75) is 0 Å². The third kappa shape index (κ3) is 0.971. The fraction of sp³-hybridized carbons (Fsp3) is 0. The van der Waals surface area contributed by atoms with Crippen molar-refractivity contribution < 1.29 is 0 Å². The molecular weight excluding hydrogens is 166 g/mol. The van der Waals surface area contributed by atoms with E-state index in [9.17, 15) is 0 Å². The highest BCUT2D eigenvalue weighted by molar-refractivity contribution is 9.12. The number of halogens is 1. The molecule has 2 N–H and O–H groups in total. The summed E-state index contributed by atoms with van der Waals surface area (Å²) in [7, 11) is 0. The van der Waals surface area contributed by atoms with Gasteiger partial charge in [0.15, 0.2) is 4.48 Å². The summed E-state index contributed by atoms with van der Waals surface area (Å²) in [6.45, 7) is 0. The highest BCUT2D eigenvalue weighted by Gasteiger charge is 2.06. The molecule has 0 radical (unpaired) electrons. The molecule has 2 heteroatoms. The molecule has 0 fully saturated rings. The third-order valence-electron chi connectivity index (χ3n) is 0.835. The molecule has 0 aromatic rings. The molecule has 0 atom stereocenters. The van der Waals surface area contributed by atoms with Crippen LogP contribution < -0.4 is 5.73 Å². The van der Waals surface area contributed by atoms with Gasteiger partial charge >= 0.3 is 0 Å². The van der Waals surface area contributed by atoms with Gasteiger partial charge in [0.05, 0.1) is 12.2 Å². The molecule has 0 spiro atoms. The van der Waals surface area contributed by atoms with Crippen LogP contribution in [0, 0.1) is 6.08 Å². The molecule has 0 aromatic carbocycles. The number of hydrogen-bond acceptors (Lipinski definition) is 1. The van der Waals surface area contributed by atoms with Crippen LogP contribution in [0.2, 0.25) is 0 Å². The zero-order valence-electron chi connectivity index (χ0n) is 4.19. The lowest BCUT2D eigenvalue weighted by Crippen LogP contribution is -1.97. The van der Waals surface area contributed by atoms with Crippen molar-refractivity contribution >= 4 is 15.9 Å². The molecule has 0 aliphatic heterocycles. The Morgan fingerprint density at radius 1 is 1.62 bits per heavy atom. The van der Waals surface area contributed by atoms with Gasteiger partial charge in [-0.15, -0.1) is 0 Å². The Hall–Kier alpha value is -0.590. The second-order valence-corrected chi connectivity index (χ2v) is 2.29. The van der Waals surface area contributed by atoms with Crippen LogP contribution in [0.5, 0.6) is 0 Å². The minimum absolute atomic E-state index is 0.660. The summed E-state index contributed by atoms with van der Waals surface area (Å²) in [5.74, 6) is 0. The fourth-order valence-electron chi connectivity index (χ4n) is 0.429. The van der Waals surface area contributed by atoms with Crippen LogP contribution >= 0.6 is 15.9 Å². The number of nitrogens with two attached hydrogens (primary N) is 1. The maximum Gasteiger partial charge on any atom is 0.215 e. The molecular formula is C6H5BrN+. The Bertz CT molecular complexity index is 157. The zero-order valence-corrected chi connectivity index (χ0v) is 5.77. The normalized spacial score (nSPS) is 16.6. The Balaban J connectivity index is 2.93. The van der Waals surface area contributed by atoms with Gasteiger partial charge in [0.1, 0.15) is 6.08 Å². The first kappa shape index (κ1) is 5.54. The average Bonchev–Trinajstić information content (AvgIpc) is 1.77. The molecule has 0 heterocycles. The van der Waals surface area contributed by atoms with E-state index in [1.54, 1.807) is 6.08 Å². The molecule has 0 aromatic heterocycles. The van der Waals surface area contributed by atoms with Crippen LogP contribution in [0.4, 0.5) is 0 Å². The second kappa shape index (κ2) is 2.12. The molecule has 8 heavy (non-hydrogen) atoms. The Labute approximate surface area is 56.7 Å². The summed E-state index contributed by atoms with van der Waals surface area (Å²) in [4.78, 5) is 0. The topological polar surface area (TPSA) is 26.0 Å². The van der Waals surface area contributed by atoms with Crippen LogP contribution in [0.25, 0.3) is 0 Å². The van der Waals surface area contributed by atoms with Crippen molar-refractivity contribution in [1.82, 2.24) is 0 Å². The first-order chi connectivity index (χ1) is 3.80. The predicted octanol–water partition coefficient (Wildman–Crippen LogP) is 1.48. The summed E-state index contributed by atoms with van der Waals surface area (Å²) in [5, 5.41) is 0. The van der Waals surface area contributed by atoms with E-state index in [2.05, 4.69) is 22.0 Å². The molecule has 0 unspecified atom stereocenters. The molecule has 0 amide bonds. The maximum atomic E-state index is 5.42. The highest BCUT2D eigenvalue weighted by atomic mass is 79.9. The van der Waals surface area contributed by atoms with Gasteiger partial charge in [-0.3, -0.25) is 0 Å². The van der Waals surface area contributed by atoms with Crippen LogP contribution in [0.1, 0.15) is 0 Å². The van der Waals surface area contributed by atoms with Crippen LogP contribution in [0.3, 0.4) is 0 Å². The zero-order chi connectivity index (χ0) is 5.98. The van der Waals surface area contributed by atoms with Crippen molar-refractivity contribution in [2.75, 3.05) is 0 Å². The largest absolute Gasteiger partial charge is 0.369 e. The summed E-state index contributed by atoms with van der Waals surface area (Å²) in [6, 6.07) is 0. The molecule has 0 bridgehead atoms. The second-order valence-electron chi connectivity index (χ2n) is 1.43. The molecule has 1 aliphatic carbocycles. The third-order valence-corrected chi connectivity index (χ3v) is 1.53. The van der Waals surface area contributed by atoms with Crippen molar-refractivity contribution in [1.29, 1.82) is 0 Å². The molecule has 1 rings (SSSR count). The van der Waals surface area contributed by atoms with E-state index in [0.717, 1.165) is 4.48 Å². The van der Waals surface area contributed by atoms with Crippen molar-refractivity contribution in [2.24, 2.45) is 5.73 Å². The van der Waals surface area contributed by atoms with E-state index < -0.39 is 0 Å². The maximum absolute atomic E-state index is 5.42. The van der Waals surface area contributed by atoms with E-state index in [1.807, 2.05) is 12.2 Å². The lowest BCUT2D eigenvalue weighted by Gasteiger charge is -1.86.